The monoisotopic (exact) mass is 495 g/mol. The molecule has 2 aromatic carbocycles. The van der Waals surface area contributed by atoms with Crippen molar-refractivity contribution in [1.82, 2.24) is 5.32 Å². The Hall–Kier alpha value is -1.49. The van der Waals surface area contributed by atoms with Crippen molar-refractivity contribution in [3.8, 4) is 0 Å². The Morgan fingerprint density at radius 3 is 2.50 bits per heavy atom. The molecule has 2 aromatic rings. The van der Waals surface area contributed by atoms with Gasteiger partial charge in [-0.05, 0) is 65.1 Å². The number of amides is 1. The number of nitro benzene ring substituents is 1. The summed E-state index contributed by atoms with van der Waals surface area (Å²) in [5.74, 6) is -0.487. The fourth-order valence-corrected chi connectivity index (χ4v) is 2.83. The molecule has 10 heteroatoms. The summed E-state index contributed by atoms with van der Waals surface area (Å²) in [6.07, 6.45) is 0. The summed E-state index contributed by atoms with van der Waals surface area (Å²) in [7, 11) is 0. The van der Waals surface area contributed by atoms with Gasteiger partial charge in [0.25, 0.3) is 11.6 Å². The van der Waals surface area contributed by atoms with E-state index >= 15 is 0 Å². The van der Waals surface area contributed by atoms with E-state index in [0.29, 0.717) is 5.69 Å². The number of hydrogen-bond donors (Lipinski definition) is 2. The Kier molecular flexibility index (Phi) is 6.33. The zero-order chi connectivity index (χ0) is 17.9. The maximum absolute atomic E-state index is 12.2. The smallest absolute Gasteiger partial charge is 0.289 e. The van der Waals surface area contributed by atoms with E-state index < -0.39 is 10.8 Å². The molecule has 0 saturated carbocycles. The van der Waals surface area contributed by atoms with E-state index in [4.69, 9.17) is 35.4 Å². The number of rotatable bonds is 3. The summed E-state index contributed by atoms with van der Waals surface area (Å²) >= 11 is 18.8. The zero-order valence-corrected chi connectivity index (χ0v) is 16.2. The summed E-state index contributed by atoms with van der Waals surface area (Å²) < 4.78 is 0.842. The highest BCUT2D eigenvalue weighted by Crippen LogP contribution is 2.27. The molecular formula is C14H8Cl2IN3O3S. The van der Waals surface area contributed by atoms with Crippen molar-refractivity contribution >= 4 is 80.4 Å². The second-order valence-electron chi connectivity index (χ2n) is 4.46. The number of carbonyl (C=O) groups excluding carboxylic acids is 1. The van der Waals surface area contributed by atoms with Gasteiger partial charge in [-0.25, -0.2) is 0 Å². The van der Waals surface area contributed by atoms with Gasteiger partial charge in [-0.15, -0.1) is 0 Å². The first-order valence-corrected chi connectivity index (χ1v) is 8.53. The maximum Gasteiger partial charge on any atom is 0.289 e. The fraction of sp³-hybridized carbons (Fsp3) is 0. The van der Waals surface area contributed by atoms with Gasteiger partial charge in [-0.3, -0.25) is 20.2 Å². The van der Waals surface area contributed by atoms with E-state index in [1.807, 2.05) is 0 Å². The Bertz CT molecular complexity index is 848. The van der Waals surface area contributed by atoms with Gasteiger partial charge < -0.3 is 5.32 Å². The van der Waals surface area contributed by atoms with Crippen LogP contribution in [0.3, 0.4) is 0 Å². The molecule has 0 unspecified atom stereocenters. The molecule has 2 N–H and O–H groups in total. The second-order valence-corrected chi connectivity index (χ2v) is 6.92. The molecule has 0 bridgehead atoms. The average Bonchev–Trinajstić information content (AvgIpc) is 2.51. The van der Waals surface area contributed by atoms with Crippen LogP contribution < -0.4 is 10.6 Å². The van der Waals surface area contributed by atoms with Crippen molar-refractivity contribution in [3.63, 3.8) is 0 Å². The summed E-state index contributed by atoms with van der Waals surface area (Å²) in [6, 6.07) is 9.09. The standard InChI is InChI=1S/C14H8Cl2IN3O3S/c15-10-3-1-7(17)5-9(10)13(21)19-14(24)18-8-2-4-11(16)12(6-8)20(22)23/h1-6H,(H2,18,19,21,24). The van der Waals surface area contributed by atoms with Gasteiger partial charge >= 0.3 is 0 Å². The van der Waals surface area contributed by atoms with Gasteiger partial charge in [0.1, 0.15) is 5.02 Å². The van der Waals surface area contributed by atoms with Crippen molar-refractivity contribution < 1.29 is 9.72 Å². The average molecular weight is 496 g/mol. The SMILES string of the molecule is O=C(NC(=S)Nc1ccc(Cl)c([N+](=O)[O-])c1)c1cc(I)ccc1Cl. The Balaban J connectivity index is 2.11. The third-order valence-corrected chi connectivity index (χ3v) is 4.33. The summed E-state index contributed by atoms with van der Waals surface area (Å²) in [4.78, 5) is 22.4. The van der Waals surface area contributed by atoms with E-state index in [0.717, 1.165) is 3.57 Å². The van der Waals surface area contributed by atoms with Gasteiger partial charge in [0, 0.05) is 15.3 Å². The van der Waals surface area contributed by atoms with Crippen LogP contribution in [0.2, 0.25) is 10.0 Å². The van der Waals surface area contributed by atoms with Crippen LogP contribution in [0.1, 0.15) is 10.4 Å². The van der Waals surface area contributed by atoms with E-state index in [1.54, 1.807) is 18.2 Å². The lowest BCUT2D eigenvalue weighted by Gasteiger charge is -2.11. The largest absolute Gasteiger partial charge is 0.332 e. The van der Waals surface area contributed by atoms with Crippen LogP contribution in [-0.2, 0) is 0 Å². The minimum absolute atomic E-state index is 0.00569. The number of nitro groups is 1. The molecular weight excluding hydrogens is 488 g/mol. The van der Waals surface area contributed by atoms with E-state index in [9.17, 15) is 14.9 Å². The molecule has 0 fully saturated rings. The van der Waals surface area contributed by atoms with E-state index in [2.05, 4.69) is 33.2 Å². The van der Waals surface area contributed by atoms with Crippen molar-refractivity contribution in [2.24, 2.45) is 0 Å². The number of nitrogens with zero attached hydrogens (tertiary/aromatic N) is 1. The Labute approximate surface area is 165 Å². The summed E-state index contributed by atoms with van der Waals surface area (Å²) in [5, 5.41) is 16.3. The number of nitrogens with one attached hydrogen (secondary N) is 2. The van der Waals surface area contributed by atoms with Crippen LogP contribution in [0.25, 0.3) is 0 Å². The lowest BCUT2D eigenvalue weighted by atomic mass is 10.2. The molecule has 2 rings (SSSR count). The van der Waals surface area contributed by atoms with Crippen LogP contribution in [-0.4, -0.2) is 15.9 Å². The second kappa shape index (κ2) is 8.06. The number of benzene rings is 2. The highest BCUT2D eigenvalue weighted by atomic mass is 127. The minimum Gasteiger partial charge on any atom is -0.332 e. The topological polar surface area (TPSA) is 84.3 Å². The number of halogens is 3. The number of hydrogen-bond acceptors (Lipinski definition) is 4. The third kappa shape index (κ3) is 4.76. The normalized spacial score (nSPS) is 10.1. The molecule has 0 saturated heterocycles. The minimum atomic E-state index is -0.610. The van der Waals surface area contributed by atoms with Crippen molar-refractivity contribution in [2.75, 3.05) is 5.32 Å². The first-order chi connectivity index (χ1) is 11.3. The lowest BCUT2D eigenvalue weighted by Crippen LogP contribution is -2.34. The number of carbonyl (C=O) groups is 1. The van der Waals surface area contributed by atoms with Crippen LogP contribution in [0.15, 0.2) is 36.4 Å². The predicted molar refractivity (Wildman–Crippen MR) is 106 cm³/mol. The Morgan fingerprint density at radius 1 is 1.17 bits per heavy atom. The van der Waals surface area contributed by atoms with Crippen LogP contribution in [0.4, 0.5) is 11.4 Å². The van der Waals surface area contributed by atoms with Crippen molar-refractivity contribution in [1.29, 1.82) is 0 Å². The molecule has 0 aliphatic carbocycles. The quantitative estimate of drug-likeness (QED) is 0.280. The molecule has 6 nitrogen and oxygen atoms in total. The third-order valence-electron chi connectivity index (χ3n) is 2.80. The summed E-state index contributed by atoms with van der Waals surface area (Å²) in [5.41, 5.74) is 0.330. The lowest BCUT2D eigenvalue weighted by molar-refractivity contribution is -0.384. The highest BCUT2D eigenvalue weighted by Gasteiger charge is 2.15. The molecule has 0 aromatic heterocycles. The van der Waals surface area contributed by atoms with E-state index in [1.165, 1.54) is 18.2 Å². The molecule has 0 spiro atoms. The van der Waals surface area contributed by atoms with Crippen molar-refractivity contribution in [2.45, 2.75) is 0 Å². The first-order valence-electron chi connectivity index (χ1n) is 6.29. The predicted octanol–water partition coefficient (Wildman–Crippen LogP) is 4.63. The van der Waals surface area contributed by atoms with Gasteiger partial charge in [-0.1, -0.05) is 23.2 Å². The zero-order valence-electron chi connectivity index (χ0n) is 11.7. The van der Waals surface area contributed by atoms with Gasteiger partial charge in [0.15, 0.2) is 5.11 Å². The molecule has 0 atom stereocenters. The van der Waals surface area contributed by atoms with Crippen molar-refractivity contribution in [3.05, 3.63) is 65.7 Å². The van der Waals surface area contributed by atoms with Crippen LogP contribution >= 0.6 is 58.0 Å². The number of thiocarbonyl (C=S) groups is 1. The fourth-order valence-electron chi connectivity index (χ4n) is 1.73. The van der Waals surface area contributed by atoms with E-state index in [-0.39, 0.29) is 26.4 Å². The summed E-state index contributed by atoms with van der Waals surface area (Å²) in [6.45, 7) is 0. The first kappa shape index (κ1) is 18.8. The van der Waals surface area contributed by atoms with Crippen LogP contribution in [0.5, 0.6) is 0 Å². The van der Waals surface area contributed by atoms with Gasteiger partial charge in [0.2, 0.25) is 0 Å². The molecule has 24 heavy (non-hydrogen) atoms. The molecule has 0 radical (unpaired) electrons. The Morgan fingerprint density at radius 2 is 1.83 bits per heavy atom. The molecule has 0 aliphatic rings. The molecule has 124 valence electrons. The van der Waals surface area contributed by atoms with Gasteiger partial charge in [-0.2, -0.15) is 0 Å². The maximum atomic E-state index is 12.2. The molecule has 1 amide bonds. The highest BCUT2D eigenvalue weighted by molar-refractivity contribution is 14.1. The number of anilines is 1. The molecule has 0 aliphatic heterocycles. The van der Waals surface area contributed by atoms with Gasteiger partial charge in [0.05, 0.1) is 15.5 Å². The molecule has 0 heterocycles. The van der Waals surface area contributed by atoms with Crippen LogP contribution in [0, 0.1) is 13.7 Å².